The molecule has 103 heavy (non-hydrogen) atoms. The van der Waals surface area contributed by atoms with Crippen molar-refractivity contribution in [1.29, 1.82) is 0 Å². The highest BCUT2D eigenvalue weighted by atomic mass is 16.1. The van der Waals surface area contributed by atoms with Gasteiger partial charge in [0, 0.05) is 67.2 Å². The standard InChI is InChI=1S/C54H44N2O.C44H34O.CH4/c1-37-13-25-43(26-14-37)55(44-27-15-38(2)16-28-44)47-33-21-41(22-34-47)54(51-11-7-5-9-49(51)53(57)50-10-6-8-12-52(50)54)42-23-35-48(36-24-42)56(45-29-17-39(3)18-30-45)46-31-19-40(4)20-32-46;1-43(2)38-11-7-5-9-32(38)34-19-17-28(24-40(34)43)26-13-15-30-21-31-16-14-27(23-37(31)42(45)36(30)22-26)29-18-20-35-33-10-6-8-12-39(33)44(3,4)41(35)25-29;/h5-36H,1-4H3;5-20,22-25H,21H2,1-4H3;1H4. The maximum absolute atomic E-state index is 14.3. The van der Waals surface area contributed by atoms with Gasteiger partial charge in [0.05, 0.1) is 5.41 Å². The molecule has 0 atom stereocenters. The zero-order valence-electron chi connectivity index (χ0n) is 58.9. The molecule has 0 unspecified atom stereocenters. The lowest BCUT2D eigenvalue weighted by Gasteiger charge is -2.42. The van der Waals surface area contributed by atoms with E-state index < -0.39 is 5.41 Å². The van der Waals surface area contributed by atoms with E-state index in [1.807, 2.05) is 24.3 Å². The molecule has 14 aromatic carbocycles. The van der Waals surface area contributed by atoms with E-state index in [1.54, 1.807) is 0 Å². The van der Waals surface area contributed by atoms with E-state index in [0.29, 0.717) is 0 Å². The zero-order valence-corrected chi connectivity index (χ0v) is 58.9. The molecule has 0 fully saturated rings. The van der Waals surface area contributed by atoms with Gasteiger partial charge < -0.3 is 9.80 Å². The van der Waals surface area contributed by atoms with Gasteiger partial charge in [-0.2, -0.15) is 0 Å². The van der Waals surface area contributed by atoms with E-state index in [2.05, 4.69) is 356 Å². The molecule has 18 rings (SSSR count). The highest BCUT2D eigenvalue weighted by Crippen LogP contribution is 2.54. The first-order valence-electron chi connectivity index (χ1n) is 35.6. The highest BCUT2D eigenvalue weighted by molar-refractivity contribution is 6.15. The minimum absolute atomic E-state index is 0. The Balaban J connectivity index is 0.000000162. The number of hydrogen-bond donors (Lipinski definition) is 0. The third-order valence-electron chi connectivity index (χ3n) is 22.4. The first kappa shape index (κ1) is 65.6. The van der Waals surface area contributed by atoms with Crippen LogP contribution in [0.5, 0.6) is 0 Å². The Morgan fingerprint density at radius 2 is 0.515 bits per heavy atom. The molecule has 0 heterocycles. The van der Waals surface area contributed by atoms with Gasteiger partial charge in [-0.25, -0.2) is 0 Å². The second-order valence-electron chi connectivity index (χ2n) is 29.4. The van der Waals surface area contributed by atoms with Crippen LogP contribution in [-0.4, -0.2) is 11.6 Å². The zero-order chi connectivity index (χ0) is 69.8. The number of carbonyl (C=O) groups is 2. The van der Waals surface area contributed by atoms with Gasteiger partial charge in [-0.3, -0.25) is 9.59 Å². The molecule has 0 saturated carbocycles. The Morgan fingerprint density at radius 1 is 0.252 bits per heavy atom. The molecule has 0 saturated heterocycles. The average Bonchev–Trinajstić information content (AvgIpc) is 1.50. The van der Waals surface area contributed by atoms with Crippen LogP contribution < -0.4 is 9.80 Å². The lowest BCUT2D eigenvalue weighted by atomic mass is 9.59. The van der Waals surface area contributed by atoms with Crippen LogP contribution in [0, 0.1) is 27.7 Å². The summed E-state index contributed by atoms with van der Waals surface area (Å²) in [6.07, 6.45) is 0.774. The van der Waals surface area contributed by atoms with Crippen LogP contribution in [0.3, 0.4) is 0 Å². The fourth-order valence-corrected chi connectivity index (χ4v) is 16.8. The van der Waals surface area contributed by atoms with E-state index in [1.165, 1.54) is 66.8 Å². The molecular weight excluding hydrogens is 1250 g/mol. The van der Waals surface area contributed by atoms with Crippen molar-refractivity contribution < 1.29 is 9.59 Å². The minimum atomic E-state index is -0.769. The number of hydrogen-bond acceptors (Lipinski definition) is 4. The molecule has 4 nitrogen and oxygen atoms in total. The van der Waals surface area contributed by atoms with E-state index >= 15 is 0 Å². The lowest BCUT2D eigenvalue weighted by molar-refractivity contribution is 0.102. The molecule has 0 bridgehead atoms. The summed E-state index contributed by atoms with van der Waals surface area (Å²) in [7, 11) is 0. The monoisotopic (exact) mass is 1330 g/mol. The number of ketones is 2. The summed E-state index contributed by atoms with van der Waals surface area (Å²) in [5, 5.41) is 0. The predicted octanol–water partition coefficient (Wildman–Crippen LogP) is 25.2. The van der Waals surface area contributed by atoms with Crippen LogP contribution in [-0.2, 0) is 22.7 Å². The first-order chi connectivity index (χ1) is 49.5. The molecule has 4 aliphatic carbocycles. The SMILES string of the molecule is C.CC1(C)c2ccccc2-c2ccc(-c3ccc4c(c3)C(=O)c3cc(-c5ccc6c(c5)C(C)(C)c5ccccc5-6)ccc3C4)cc21.Cc1ccc(N(c2ccc(C)cc2)c2ccc(C3(c4ccc(N(c5ccc(C)cc5)c5ccc(C)cc5)cc4)c4ccccc4C(=O)c4ccccc43)cc2)cc1. The number of carbonyl (C=O) groups excluding carboxylic acids is 2. The molecule has 4 heteroatoms. The summed E-state index contributed by atoms with van der Waals surface area (Å²) in [6.45, 7) is 17.7. The van der Waals surface area contributed by atoms with Crippen molar-refractivity contribution >= 4 is 45.7 Å². The smallest absolute Gasteiger partial charge is 0.193 e. The molecule has 0 amide bonds. The summed E-state index contributed by atoms with van der Waals surface area (Å²) < 4.78 is 0. The van der Waals surface area contributed by atoms with Crippen LogP contribution in [0.25, 0.3) is 44.5 Å². The maximum Gasteiger partial charge on any atom is 0.193 e. The largest absolute Gasteiger partial charge is 0.311 e. The number of aryl methyl sites for hydroxylation is 4. The number of anilines is 6. The molecule has 0 N–H and O–H groups in total. The minimum Gasteiger partial charge on any atom is -0.311 e. The van der Waals surface area contributed by atoms with Crippen molar-refractivity contribution in [2.24, 2.45) is 0 Å². The summed E-state index contributed by atoms with van der Waals surface area (Å²) in [4.78, 5) is 33.0. The van der Waals surface area contributed by atoms with Gasteiger partial charge in [0.1, 0.15) is 0 Å². The van der Waals surface area contributed by atoms with Crippen LogP contribution >= 0.6 is 0 Å². The molecule has 0 aromatic heterocycles. The van der Waals surface area contributed by atoms with Gasteiger partial charge in [-0.05, 0) is 231 Å². The summed E-state index contributed by atoms with van der Waals surface area (Å²) in [5.74, 6) is 0.178. The third kappa shape index (κ3) is 11.0. The fraction of sp³-hybridized carbons (Fsp3) is 0.131. The van der Waals surface area contributed by atoms with Crippen molar-refractivity contribution in [3.63, 3.8) is 0 Å². The van der Waals surface area contributed by atoms with Gasteiger partial charge in [-0.1, -0.05) is 276 Å². The van der Waals surface area contributed by atoms with Gasteiger partial charge in [-0.15, -0.1) is 0 Å². The van der Waals surface area contributed by atoms with Crippen molar-refractivity contribution in [3.8, 4) is 44.5 Å². The number of rotatable bonds is 10. The number of benzene rings is 14. The summed E-state index contributed by atoms with van der Waals surface area (Å²) >= 11 is 0. The molecule has 4 aliphatic rings. The lowest BCUT2D eigenvalue weighted by Crippen LogP contribution is -2.38. The van der Waals surface area contributed by atoms with Crippen LogP contribution in [0.1, 0.15) is 145 Å². The Kier molecular flexibility index (Phi) is 16.3. The van der Waals surface area contributed by atoms with Crippen molar-refractivity contribution in [1.82, 2.24) is 0 Å². The van der Waals surface area contributed by atoms with E-state index in [0.717, 1.165) is 118 Å². The molecule has 0 radical (unpaired) electrons. The Labute approximate surface area is 606 Å². The van der Waals surface area contributed by atoms with Crippen LogP contribution in [0.4, 0.5) is 34.1 Å². The second kappa shape index (κ2) is 25.6. The van der Waals surface area contributed by atoms with Gasteiger partial charge in [0.25, 0.3) is 0 Å². The highest BCUT2D eigenvalue weighted by Gasteiger charge is 2.47. The molecule has 14 aromatic rings. The average molecular weight is 1330 g/mol. The quantitative estimate of drug-likeness (QED) is 0.137. The molecular formula is C99H82N2O2. The van der Waals surface area contributed by atoms with Crippen molar-refractivity contribution in [2.75, 3.05) is 9.80 Å². The topological polar surface area (TPSA) is 40.6 Å². The Morgan fingerprint density at radius 3 is 0.854 bits per heavy atom. The Bertz CT molecular complexity index is 5220. The predicted molar refractivity (Wildman–Crippen MR) is 428 cm³/mol. The van der Waals surface area contributed by atoms with Crippen LogP contribution in [0.15, 0.2) is 315 Å². The van der Waals surface area contributed by atoms with Gasteiger partial charge >= 0.3 is 0 Å². The Hall–Kier alpha value is -12.0. The number of nitrogens with zero attached hydrogens (tertiary/aromatic N) is 2. The van der Waals surface area contributed by atoms with Crippen molar-refractivity contribution in [2.45, 2.75) is 85.5 Å². The van der Waals surface area contributed by atoms with E-state index in [-0.39, 0.29) is 29.8 Å². The van der Waals surface area contributed by atoms with Gasteiger partial charge in [0.2, 0.25) is 0 Å². The van der Waals surface area contributed by atoms with Crippen LogP contribution in [0.2, 0.25) is 0 Å². The normalized spacial score (nSPS) is 14.0. The summed E-state index contributed by atoms with van der Waals surface area (Å²) in [5.41, 5.74) is 35.2. The summed E-state index contributed by atoms with van der Waals surface area (Å²) in [6, 6.07) is 113. The first-order valence-corrected chi connectivity index (χ1v) is 35.6. The van der Waals surface area contributed by atoms with E-state index in [9.17, 15) is 9.59 Å². The third-order valence-corrected chi connectivity index (χ3v) is 22.4. The number of fused-ring (bicyclic) bond motifs is 10. The molecule has 0 spiro atoms. The van der Waals surface area contributed by atoms with Gasteiger partial charge in [0.15, 0.2) is 11.6 Å². The fourth-order valence-electron chi connectivity index (χ4n) is 16.8. The van der Waals surface area contributed by atoms with Crippen molar-refractivity contribution in [3.05, 3.63) is 416 Å². The maximum atomic E-state index is 14.3. The van der Waals surface area contributed by atoms with E-state index in [4.69, 9.17) is 0 Å². The molecule has 500 valence electrons. The second-order valence-corrected chi connectivity index (χ2v) is 29.4. The molecule has 0 aliphatic heterocycles.